The molecule has 1 fully saturated rings. The molecule has 17 heavy (non-hydrogen) atoms. The third kappa shape index (κ3) is 2.33. The van der Waals surface area contributed by atoms with E-state index in [9.17, 15) is 13.4 Å². The SMILES string of the molecule is CCOC(=O)[C@H]1C(c2ccccc2)[C@@H]1B(F)F. The summed E-state index contributed by atoms with van der Waals surface area (Å²) in [5.74, 6) is -2.48. The lowest BCUT2D eigenvalue weighted by Crippen LogP contribution is -2.09. The van der Waals surface area contributed by atoms with Crippen LogP contribution in [0.25, 0.3) is 0 Å². The van der Waals surface area contributed by atoms with Gasteiger partial charge in [-0.25, -0.2) is 0 Å². The number of halogens is 2. The first kappa shape index (κ1) is 12.1. The van der Waals surface area contributed by atoms with Gasteiger partial charge in [-0.05, 0) is 18.4 Å². The van der Waals surface area contributed by atoms with E-state index < -0.39 is 30.9 Å². The molecule has 2 nitrogen and oxygen atoms in total. The Bertz CT molecular complexity index is 397. The van der Waals surface area contributed by atoms with Gasteiger partial charge in [0, 0.05) is 5.82 Å². The van der Waals surface area contributed by atoms with Crippen LogP contribution in [0.3, 0.4) is 0 Å². The Morgan fingerprint density at radius 2 is 2.00 bits per heavy atom. The van der Waals surface area contributed by atoms with E-state index >= 15 is 0 Å². The van der Waals surface area contributed by atoms with Crippen LogP contribution in [0.4, 0.5) is 8.63 Å². The van der Waals surface area contributed by atoms with E-state index in [4.69, 9.17) is 4.74 Å². The summed E-state index contributed by atoms with van der Waals surface area (Å²) >= 11 is 0. The lowest BCUT2D eigenvalue weighted by Gasteiger charge is -2.00. The molecule has 0 bridgehead atoms. The second-order valence-corrected chi connectivity index (χ2v) is 4.13. The molecule has 0 amide bonds. The van der Waals surface area contributed by atoms with Crippen molar-refractivity contribution in [2.24, 2.45) is 5.92 Å². The van der Waals surface area contributed by atoms with Gasteiger partial charge in [0.05, 0.1) is 12.5 Å². The van der Waals surface area contributed by atoms with Crippen LogP contribution in [0.15, 0.2) is 30.3 Å². The molecular weight excluding hydrogens is 225 g/mol. The average Bonchev–Trinajstić information content (AvgIpc) is 3.06. The van der Waals surface area contributed by atoms with E-state index in [0.29, 0.717) is 0 Å². The maximum absolute atomic E-state index is 12.8. The molecule has 0 radical (unpaired) electrons. The minimum absolute atomic E-state index is 0.229. The molecule has 1 aromatic carbocycles. The van der Waals surface area contributed by atoms with Crippen LogP contribution in [0, 0.1) is 5.92 Å². The molecule has 0 heterocycles. The molecule has 0 N–H and O–H groups in total. The highest BCUT2D eigenvalue weighted by Crippen LogP contribution is 2.61. The zero-order chi connectivity index (χ0) is 12.4. The molecule has 1 aliphatic carbocycles. The number of carbonyl (C=O) groups is 1. The van der Waals surface area contributed by atoms with E-state index in [-0.39, 0.29) is 6.61 Å². The lowest BCUT2D eigenvalue weighted by molar-refractivity contribution is -0.144. The molecule has 1 aromatic rings. The van der Waals surface area contributed by atoms with Crippen LogP contribution in [0.5, 0.6) is 0 Å². The van der Waals surface area contributed by atoms with E-state index in [1.54, 1.807) is 31.2 Å². The van der Waals surface area contributed by atoms with Crippen molar-refractivity contribution in [3.05, 3.63) is 35.9 Å². The highest BCUT2D eigenvalue weighted by molar-refractivity contribution is 6.47. The van der Waals surface area contributed by atoms with Gasteiger partial charge in [-0.2, -0.15) is 0 Å². The third-order valence-electron chi connectivity index (χ3n) is 3.11. The van der Waals surface area contributed by atoms with Gasteiger partial charge in [-0.15, -0.1) is 0 Å². The monoisotopic (exact) mass is 238 g/mol. The van der Waals surface area contributed by atoms with Crippen molar-refractivity contribution in [2.75, 3.05) is 6.61 Å². The molecule has 0 aliphatic heterocycles. The minimum Gasteiger partial charge on any atom is -0.466 e. The fourth-order valence-corrected chi connectivity index (χ4v) is 2.29. The van der Waals surface area contributed by atoms with Gasteiger partial charge >= 0.3 is 13.2 Å². The highest BCUT2D eigenvalue weighted by atomic mass is 19.2. The van der Waals surface area contributed by atoms with Crippen LogP contribution in [0.2, 0.25) is 5.82 Å². The molecular formula is C12H13BF2O2. The molecule has 0 aromatic heterocycles. The summed E-state index contributed by atoms with van der Waals surface area (Å²) < 4.78 is 30.4. The van der Waals surface area contributed by atoms with Gasteiger partial charge in [0.25, 0.3) is 0 Å². The minimum atomic E-state index is -2.48. The average molecular weight is 238 g/mol. The number of hydrogen-bond acceptors (Lipinski definition) is 2. The zero-order valence-electron chi connectivity index (χ0n) is 9.48. The fourth-order valence-electron chi connectivity index (χ4n) is 2.29. The number of ether oxygens (including phenoxy) is 1. The molecule has 5 heteroatoms. The van der Waals surface area contributed by atoms with E-state index in [0.717, 1.165) is 5.56 Å². The second-order valence-electron chi connectivity index (χ2n) is 4.13. The van der Waals surface area contributed by atoms with E-state index in [1.807, 2.05) is 6.07 Å². The predicted molar refractivity (Wildman–Crippen MR) is 61.0 cm³/mol. The summed E-state index contributed by atoms with van der Waals surface area (Å²) in [6, 6.07) is 8.96. The van der Waals surface area contributed by atoms with Crippen LogP contribution in [-0.2, 0) is 9.53 Å². The molecule has 1 saturated carbocycles. The summed E-state index contributed by atoms with van der Waals surface area (Å²) in [6.07, 6.45) is 0. The van der Waals surface area contributed by atoms with Crippen LogP contribution < -0.4 is 0 Å². The number of carbonyl (C=O) groups excluding carboxylic acids is 1. The Morgan fingerprint density at radius 1 is 1.35 bits per heavy atom. The first-order valence-electron chi connectivity index (χ1n) is 5.66. The molecule has 0 spiro atoms. The normalized spacial score (nSPS) is 26.4. The summed E-state index contributed by atoms with van der Waals surface area (Å²) in [5.41, 5.74) is 0.788. The van der Waals surface area contributed by atoms with Gasteiger partial charge < -0.3 is 4.74 Å². The van der Waals surface area contributed by atoms with Gasteiger partial charge in [-0.1, -0.05) is 30.3 Å². The van der Waals surface area contributed by atoms with Gasteiger partial charge in [0.15, 0.2) is 0 Å². The summed E-state index contributed by atoms with van der Waals surface area (Å²) in [7, 11) is -2.48. The fraction of sp³-hybridized carbons (Fsp3) is 0.417. The van der Waals surface area contributed by atoms with E-state index in [2.05, 4.69) is 0 Å². The Morgan fingerprint density at radius 3 is 2.53 bits per heavy atom. The van der Waals surface area contributed by atoms with Gasteiger partial charge in [0.2, 0.25) is 0 Å². The second kappa shape index (κ2) is 4.86. The van der Waals surface area contributed by atoms with Gasteiger partial charge in [0.1, 0.15) is 0 Å². The molecule has 2 rings (SSSR count). The summed E-state index contributed by atoms with van der Waals surface area (Å²) in [4.78, 5) is 11.5. The third-order valence-corrected chi connectivity index (χ3v) is 3.11. The van der Waals surface area contributed by atoms with Crippen LogP contribution >= 0.6 is 0 Å². The molecule has 90 valence electrons. The quantitative estimate of drug-likeness (QED) is 0.595. The molecule has 3 atom stereocenters. The van der Waals surface area contributed by atoms with Crippen LogP contribution in [-0.4, -0.2) is 19.8 Å². The smallest absolute Gasteiger partial charge is 0.466 e. The van der Waals surface area contributed by atoms with Crippen molar-refractivity contribution in [3.8, 4) is 0 Å². The standard InChI is InChI=1S/C12H13BF2O2/c1-2-17-12(16)10-9(11(10)13(14)15)8-6-4-3-5-7-8/h3-7,9-11H,2H2,1H3/t9?,10-,11-/m0/s1. The zero-order valence-corrected chi connectivity index (χ0v) is 9.48. The maximum atomic E-state index is 12.8. The number of hydrogen-bond donors (Lipinski definition) is 0. The van der Waals surface area contributed by atoms with Crippen molar-refractivity contribution in [3.63, 3.8) is 0 Å². The summed E-state index contributed by atoms with van der Waals surface area (Å²) in [5, 5.41) is 0. The highest BCUT2D eigenvalue weighted by Gasteiger charge is 2.63. The van der Waals surface area contributed by atoms with Crippen molar-refractivity contribution in [2.45, 2.75) is 18.7 Å². The lowest BCUT2D eigenvalue weighted by atomic mass is 9.86. The van der Waals surface area contributed by atoms with E-state index in [1.165, 1.54) is 0 Å². The Balaban J connectivity index is 2.15. The molecule has 1 aliphatic rings. The number of esters is 1. The van der Waals surface area contributed by atoms with Gasteiger partial charge in [-0.3, -0.25) is 13.4 Å². The molecule has 0 saturated heterocycles. The predicted octanol–water partition coefficient (Wildman–Crippen LogP) is 2.76. The first-order valence-corrected chi connectivity index (χ1v) is 5.66. The van der Waals surface area contributed by atoms with Crippen molar-refractivity contribution in [1.29, 1.82) is 0 Å². The van der Waals surface area contributed by atoms with Crippen molar-refractivity contribution >= 4 is 13.2 Å². The topological polar surface area (TPSA) is 26.3 Å². The number of rotatable bonds is 4. The van der Waals surface area contributed by atoms with Crippen LogP contribution in [0.1, 0.15) is 18.4 Å². The Labute approximate surface area is 99.1 Å². The Hall–Kier alpha value is -1.39. The largest absolute Gasteiger partial charge is 0.542 e. The van der Waals surface area contributed by atoms with Crippen molar-refractivity contribution in [1.82, 2.24) is 0 Å². The molecule has 1 unspecified atom stereocenters. The first-order chi connectivity index (χ1) is 8.16. The van der Waals surface area contributed by atoms with Crippen molar-refractivity contribution < 1.29 is 18.2 Å². The number of benzene rings is 1. The maximum Gasteiger partial charge on any atom is 0.542 e. The Kier molecular flexibility index (Phi) is 3.45. The summed E-state index contributed by atoms with van der Waals surface area (Å²) in [6.45, 7) is 1.90.